The van der Waals surface area contributed by atoms with Gasteiger partial charge in [0.1, 0.15) is 11.5 Å². The van der Waals surface area contributed by atoms with Gasteiger partial charge in [0.25, 0.3) is 0 Å². The smallest absolute Gasteiger partial charge is 0.138 e. The maximum absolute atomic E-state index is 4.30. The molecule has 1 unspecified atom stereocenters. The highest BCUT2D eigenvalue weighted by molar-refractivity contribution is 7.11. The highest BCUT2D eigenvalue weighted by Gasteiger charge is 2.07. The minimum Gasteiger partial charge on any atom is -0.368 e. The molecule has 3 aromatic heterocycles. The third-order valence-electron chi connectivity index (χ3n) is 3.13. The Morgan fingerprint density at radius 1 is 1.32 bits per heavy atom. The first kappa shape index (κ1) is 12.2. The van der Waals surface area contributed by atoms with E-state index in [1.807, 2.05) is 35.9 Å². The van der Waals surface area contributed by atoms with Crippen molar-refractivity contribution in [1.82, 2.24) is 9.38 Å². The van der Waals surface area contributed by atoms with Crippen molar-refractivity contribution in [2.75, 3.05) is 5.32 Å². The van der Waals surface area contributed by atoms with Crippen LogP contribution in [0.3, 0.4) is 0 Å². The molecule has 0 radical (unpaired) electrons. The average Bonchev–Trinajstić information content (AvgIpc) is 2.98. The van der Waals surface area contributed by atoms with Crippen molar-refractivity contribution in [1.29, 1.82) is 0 Å². The summed E-state index contributed by atoms with van der Waals surface area (Å²) in [6.45, 7) is 4.36. The van der Waals surface area contributed by atoms with Gasteiger partial charge in [0.15, 0.2) is 0 Å². The number of rotatable bonds is 4. The standard InChI is InChI=1S/C15H17N3S/c1-11(10-13-7-6-12(2)19-13)17-15-5-3-4-14-16-8-9-18(14)15/h3-9,11,17H,10H2,1-2H3. The SMILES string of the molecule is Cc1ccc(CC(C)Nc2cccc3nccn23)s1. The van der Waals surface area contributed by atoms with Crippen LogP contribution in [0.5, 0.6) is 0 Å². The Bertz CT molecular complexity index is 683. The van der Waals surface area contributed by atoms with Crippen LogP contribution < -0.4 is 5.32 Å². The van der Waals surface area contributed by atoms with E-state index in [9.17, 15) is 0 Å². The van der Waals surface area contributed by atoms with Crippen molar-refractivity contribution in [2.45, 2.75) is 26.3 Å². The van der Waals surface area contributed by atoms with Gasteiger partial charge in [-0.15, -0.1) is 11.3 Å². The number of hydrogen-bond acceptors (Lipinski definition) is 3. The molecule has 19 heavy (non-hydrogen) atoms. The summed E-state index contributed by atoms with van der Waals surface area (Å²) in [5.74, 6) is 1.09. The maximum Gasteiger partial charge on any atom is 0.138 e. The van der Waals surface area contributed by atoms with Crippen LogP contribution in [0.25, 0.3) is 5.65 Å². The summed E-state index contributed by atoms with van der Waals surface area (Å²) < 4.78 is 2.08. The molecular formula is C15H17N3S. The Morgan fingerprint density at radius 3 is 3.00 bits per heavy atom. The summed E-state index contributed by atoms with van der Waals surface area (Å²) in [6.07, 6.45) is 4.86. The second-order valence-corrected chi connectivity index (χ2v) is 6.20. The molecule has 3 nitrogen and oxygen atoms in total. The molecule has 0 saturated heterocycles. The van der Waals surface area contributed by atoms with Crippen LogP contribution in [0.4, 0.5) is 5.82 Å². The van der Waals surface area contributed by atoms with Crippen LogP contribution in [-0.2, 0) is 6.42 Å². The number of fused-ring (bicyclic) bond motifs is 1. The molecule has 1 N–H and O–H groups in total. The molecule has 0 aliphatic rings. The number of aryl methyl sites for hydroxylation is 1. The zero-order valence-corrected chi connectivity index (χ0v) is 11.9. The third-order valence-corrected chi connectivity index (χ3v) is 4.15. The van der Waals surface area contributed by atoms with Crippen molar-refractivity contribution < 1.29 is 0 Å². The van der Waals surface area contributed by atoms with Gasteiger partial charge in [0.05, 0.1) is 0 Å². The van der Waals surface area contributed by atoms with E-state index in [0.717, 1.165) is 17.9 Å². The minimum absolute atomic E-state index is 0.394. The Balaban J connectivity index is 1.75. The van der Waals surface area contributed by atoms with E-state index in [-0.39, 0.29) is 0 Å². The average molecular weight is 271 g/mol. The van der Waals surface area contributed by atoms with E-state index >= 15 is 0 Å². The van der Waals surface area contributed by atoms with Crippen molar-refractivity contribution in [3.63, 3.8) is 0 Å². The van der Waals surface area contributed by atoms with E-state index < -0.39 is 0 Å². The van der Waals surface area contributed by atoms with Crippen molar-refractivity contribution in [2.24, 2.45) is 0 Å². The number of thiophene rings is 1. The fraction of sp³-hybridized carbons (Fsp3) is 0.267. The Labute approximate surface area is 116 Å². The molecule has 0 saturated carbocycles. The second-order valence-electron chi connectivity index (χ2n) is 4.83. The third kappa shape index (κ3) is 2.63. The summed E-state index contributed by atoms with van der Waals surface area (Å²) in [5.41, 5.74) is 0.976. The summed E-state index contributed by atoms with van der Waals surface area (Å²) in [7, 11) is 0. The molecule has 0 aliphatic heterocycles. The van der Waals surface area contributed by atoms with Gasteiger partial charge in [0, 0.05) is 34.6 Å². The predicted molar refractivity (Wildman–Crippen MR) is 81.0 cm³/mol. The number of nitrogens with one attached hydrogen (secondary N) is 1. The molecule has 0 bridgehead atoms. The lowest BCUT2D eigenvalue weighted by molar-refractivity contribution is 0.791. The van der Waals surface area contributed by atoms with Crippen LogP contribution in [-0.4, -0.2) is 15.4 Å². The van der Waals surface area contributed by atoms with Gasteiger partial charge < -0.3 is 5.32 Å². The first-order valence-electron chi connectivity index (χ1n) is 6.46. The number of aromatic nitrogens is 2. The van der Waals surface area contributed by atoms with E-state index in [1.54, 1.807) is 0 Å². The maximum atomic E-state index is 4.30. The first-order valence-corrected chi connectivity index (χ1v) is 7.28. The van der Waals surface area contributed by atoms with Crippen LogP contribution in [0.1, 0.15) is 16.7 Å². The minimum atomic E-state index is 0.394. The fourth-order valence-electron chi connectivity index (χ4n) is 2.27. The number of imidazole rings is 1. The van der Waals surface area contributed by atoms with Gasteiger partial charge in [0.2, 0.25) is 0 Å². The first-order chi connectivity index (χ1) is 9.22. The Kier molecular flexibility index (Phi) is 3.25. The molecule has 0 aromatic carbocycles. The Morgan fingerprint density at radius 2 is 2.21 bits per heavy atom. The zero-order chi connectivity index (χ0) is 13.2. The normalized spacial score (nSPS) is 12.7. The fourth-order valence-corrected chi connectivity index (χ4v) is 3.28. The topological polar surface area (TPSA) is 29.3 Å². The monoisotopic (exact) mass is 271 g/mol. The molecule has 3 heterocycles. The van der Waals surface area contributed by atoms with Gasteiger partial charge >= 0.3 is 0 Å². The summed E-state index contributed by atoms with van der Waals surface area (Å²) in [4.78, 5) is 7.10. The number of pyridine rings is 1. The van der Waals surface area contributed by atoms with Crippen LogP contribution >= 0.6 is 11.3 Å². The molecule has 0 amide bonds. The highest BCUT2D eigenvalue weighted by Crippen LogP contribution is 2.19. The largest absolute Gasteiger partial charge is 0.368 e. The van der Waals surface area contributed by atoms with Crippen molar-refractivity contribution in [3.8, 4) is 0 Å². The van der Waals surface area contributed by atoms with E-state index in [1.165, 1.54) is 9.75 Å². The molecule has 98 valence electrons. The molecule has 3 rings (SSSR count). The summed E-state index contributed by atoms with van der Waals surface area (Å²) >= 11 is 1.87. The molecule has 3 aromatic rings. The Hall–Kier alpha value is -1.81. The van der Waals surface area contributed by atoms with Gasteiger partial charge in [-0.25, -0.2) is 4.98 Å². The van der Waals surface area contributed by atoms with E-state index in [2.05, 4.69) is 46.7 Å². The van der Waals surface area contributed by atoms with Crippen LogP contribution in [0, 0.1) is 6.92 Å². The van der Waals surface area contributed by atoms with Gasteiger partial charge in [-0.05, 0) is 38.1 Å². The van der Waals surface area contributed by atoms with Crippen LogP contribution in [0.2, 0.25) is 0 Å². The van der Waals surface area contributed by atoms with Gasteiger partial charge in [-0.2, -0.15) is 0 Å². The number of anilines is 1. The lowest BCUT2D eigenvalue weighted by Gasteiger charge is -2.15. The quantitative estimate of drug-likeness (QED) is 0.783. The van der Waals surface area contributed by atoms with E-state index in [0.29, 0.717) is 6.04 Å². The summed E-state index contributed by atoms with van der Waals surface area (Å²) in [5, 5.41) is 3.56. The van der Waals surface area contributed by atoms with Crippen molar-refractivity contribution >= 4 is 22.8 Å². The second kappa shape index (κ2) is 5.05. The molecule has 0 spiro atoms. The highest BCUT2D eigenvalue weighted by atomic mass is 32.1. The van der Waals surface area contributed by atoms with Gasteiger partial charge in [-0.3, -0.25) is 4.40 Å². The van der Waals surface area contributed by atoms with Crippen molar-refractivity contribution in [3.05, 3.63) is 52.5 Å². The predicted octanol–water partition coefficient (Wildman–Crippen LogP) is 3.75. The molecule has 1 atom stereocenters. The molecular weight excluding hydrogens is 254 g/mol. The number of nitrogens with zero attached hydrogens (tertiary/aromatic N) is 2. The van der Waals surface area contributed by atoms with Crippen LogP contribution in [0.15, 0.2) is 42.7 Å². The summed E-state index contributed by atoms with van der Waals surface area (Å²) in [6, 6.07) is 10.9. The molecule has 0 aliphatic carbocycles. The zero-order valence-electron chi connectivity index (χ0n) is 11.1. The van der Waals surface area contributed by atoms with Gasteiger partial charge in [-0.1, -0.05) is 6.07 Å². The molecule has 0 fully saturated rings. The number of hydrogen-bond donors (Lipinski definition) is 1. The molecule has 4 heteroatoms. The lowest BCUT2D eigenvalue weighted by atomic mass is 10.2. The lowest BCUT2D eigenvalue weighted by Crippen LogP contribution is -2.19. The van der Waals surface area contributed by atoms with E-state index in [4.69, 9.17) is 0 Å².